The van der Waals surface area contributed by atoms with E-state index in [4.69, 9.17) is 5.11 Å². The lowest BCUT2D eigenvalue weighted by atomic mass is 10.1. The number of alkyl carbamates (subject to hydrolysis) is 1. The van der Waals surface area contributed by atoms with Crippen LogP contribution in [0.15, 0.2) is 24.5 Å². The van der Waals surface area contributed by atoms with Gasteiger partial charge in [0.1, 0.15) is 6.61 Å². The number of aliphatic hydroxyl groups excluding tert-OH is 1. The molecule has 0 spiro atoms. The fraction of sp³-hybridized carbons (Fsp3) is 0.400. The van der Waals surface area contributed by atoms with Gasteiger partial charge in [-0.3, -0.25) is 4.98 Å². The van der Waals surface area contributed by atoms with Gasteiger partial charge in [0.15, 0.2) is 0 Å². The van der Waals surface area contributed by atoms with Crippen molar-refractivity contribution in [2.75, 3.05) is 13.2 Å². The zero-order valence-corrected chi connectivity index (χ0v) is 8.51. The third kappa shape index (κ3) is 3.95. The minimum absolute atomic E-state index is 0.00883. The van der Waals surface area contributed by atoms with Crippen LogP contribution in [0.5, 0.6) is 0 Å². The summed E-state index contributed by atoms with van der Waals surface area (Å²) in [5.74, 6) is 0. The molecular weight excluding hydrogens is 196 g/mol. The summed E-state index contributed by atoms with van der Waals surface area (Å²) in [6.45, 7) is 1.68. The number of nitrogens with zero attached hydrogens (tertiary/aromatic N) is 1. The monoisotopic (exact) mass is 210 g/mol. The third-order valence-corrected chi connectivity index (χ3v) is 1.86. The molecule has 0 aliphatic rings. The summed E-state index contributed by atoms with van der Waals surface area (Å²) >= 11 is 0. The van der Waals surface area contributed by atoms with Gasteiger partial charge in [0, 0.05) is 12.4 Å². The normalized spacial score (nSPS) is 11.9. The van der Waals surface area contributed by atoms with Crippen LogP contribution in [0.25, 0.3) is 0 Å². The van der Waals surface area contributed by atoms with Crippen molar-refractivity contribution in [2.45, 2.75) is 13.0 Å². The minimum Gasteiger partial charge on any atom is -0.447 e. The molecule has 2 N–H and O–H groups in total. The van der Waals surface area contributed by atoms with Crippen molar-refractivity contribution in [3.05, 3.63) is 30.1 Å². The lowest BCUT2D eigenvalue weighted by molar-refractivity contribution is 0.116. The number of ether oxygens (including phenoxy) is 1. The van der Waals surface area contributed by atoms with Crippen LogP contribution in [0.4, 0.5) is 4.79 Å². The van der Waals surface area contributed by atoms with Gasteiger partial charge < -0.3 is 15.2 Å². The summed E-state index contributed by atoms with van der Waals surface area (Å²) in [5, 5.41) is 11.1. The zero-order valence-electron chi connectivity index (χ0n) is 8.51. The molecular formula is C10H14N2O3. The molecule has 1 rings (SSSR count). The summed E-state index contributed by atoms with van der Waals surface area (Å²) in [6, 6.07) is 3.49. The van der Waals surface area contributed by atoms with Gasteiger partial charge in [-0.05, 0) is 24.6 Å². The second kappa shape index (κ2) is 5.98. The molecule has 0 bridgehead atoms. The van der Waals surface area contributed by atoms with Crippen molar-refractivity contribution < 1.29 is 14.6 Å². The van der Waals surface area contributed by atoms with Gasteiger partial charge in [-0.15, -0.1) is 0 Å². The minimum atomic E-state index is -0.534. The smallest absolute Gasteiger partial charge is 0.407 e. The van der Waals surface area contributed by atoms with Crippen LogP contribution >= 0.6 is 0 Å². The number of aromatic nitrogens is 1. The van der Waals surface area contributed by atoms with E-state index in [1.807, 2.05) is 19.1 Å². The molecule has 15 heavy (non-hydrogen) atoms. The highest BCUT2D eigenvalue weighted by atomic mass is 16.6. The Morgan fingerprint density at radius 1 is 1.60 bits per heavy atom. The first-order chi connectivity index (χ1) is 7.24. The number of nitrogens with one attached hydrogen (secondary N) is 1. The average Bonchev–Trinajstić information content (AvgIpc) is 2.27. The van der Waals surface area contributed by atoms with Crippen molar-refractivity contribution in [1.82, 2.24) is 10.3 Å². The molecule has 5 nitrogen and oxygen atoms in total. The highest BCUT2D eigenvalue weighted by molar-refractivity contribution is 5.67. The van der Waals surface area contributed by atoms with Crippen LogP contribution in [0, 0.1) is 0 Å². The quantitative estimate of drug-likeness (QED) is 0.773. The SMILES string of the molecule is C[C@@H](NC(=O)OCCO)c1ccncc1. The zero-order chi connectivity index (χ0) is 11.1. The van der Waals surface area contributed by atoms with E-state index in [1.54, 1.807) is 12.4 Å². The van der Waals surface area contributed by atoms with Crippen molar-refractivity contribution in [1.29, 1.82) is 0 Å². The Balaban J connectivity index is 2.42. The highest BCUT2D eigenvalue weighted by Gasteiger charge is 2.09. The summed E-state index contributed by atoms with van der Waals surface area (Å²) < 4.78 is 4.67. The van der Waals surface area contributed by atoms with Gasteiger partial charge in [-0.2, -0.15) is 0 Å². The maximum absolute atomic E-state index is 11.1. The summed E-state index contributed by atoms with van der Waals surface area (Å²) in [6.07, 6.45) is 2.78. The number of rotatable bonds is 4. The first-order valence-corrected chi connectivity index (χ1v) is 4.68. The second-order valence-electron chi connectivity index (χ2n) is 3.01. The molecule has 0 aliphatic heterocycles. The van der Waals surface area contributed by atoms with Gasteiger partial charge in [0.25, 0.3) is 0 Å². The first-order valence-electron chi connectivity index (χ1n) is 4.68. The van der Waals surface area contributed by atoms with E-state index in [0.717, 1.165) is 5.56 Å². The fourth-order valence-electron chi connectivity index (χ4n) is 1.09. The fourth-order valence-corrected chi connectivity index (χ4v) is 1.09. The maximum Gasteiger partial charge on any atom is 0.407 e. The topological polar surface area (TPSA) is 71.5 Å². The molecule has 1 atom stereocenters. The largest absolute Gasteiger partial charge is 0.447 e. The molecule has 1 heterocycles. The Labute approximate surface area is 88.1 Å². The molecule has 0 saturated carbocycles. The van der Waals surface area contributed by atoms with Gasteiger partial charge in [0.05, 0.1) is 12.6 Å². The summed E-state index contributed by atoms with van der Waals surface area (Å²) in [7, 11) is 0. The van der Waals surface area contributed by atoms with E-state index in [9.17, 15) is 4.79 Å². The average molecular weight is 210 g/mol. The number of aliphatic hydroxyl groups is 1. The first kappa shape index (κ1) is 11.5. The standard InChI is InChI=1S/C10H14N2O3/c1-8(9-2-4-11-5-3-9)12-10(14)15-7-6-13/h2-5,8,13H,6-7H2,1H3,(H,12,14)/t8-/m1/s1. The molecule has 82 valence electrons. The van der Waals surface area contributed by atoms with E-state index >= 15 is 0 Å². The molecule has 0 radical (unpaired) electrons. The highest BCUT2D eigenvalue weighted by Crippen LogP contribution is 2.09. The number of hydrogen-bond donors (Lipinski definition) is 2. The Bertz CT molecular complexity index is 303. The third-order valence-electron chi connectivity index (χ3n) is 1.86. The van der Waals surface area contributed by atoms with E-state index in [0.29, 0.717) is 0 Å². The molecule has 0 fully saturated rings. The number of carbonyl (C=O) groups excluding carboxylic acids is 1. The van der Waals surface area contributed by atoms with Gasteiger partial charge in [-0.1, -0.05) is 0 Å². The van der Waals surface area contributed by atoms with Crippen LogP contribution in [-0.4, -0.2) is 29.4 Å². The van der Waals surface area contributed by atoms with E-state index in [-0.39, 0.29) is 19.3 Å². The van der Waals surface area contributed by atoms with Crippen LogP contribution in [-0.2, 0) is 4.74 Å². The maximum atomic E-state index is 11.1. The molecule has 0 unspecified atom stereocenters. The number of hydrogen-bond acceptors (Lipinski definition) is 4. The van der Waals surface area contributed by atoms with Crippen molar-refractivity contribution in [2.24, 2.45) is 0 Å². The van der Waals surface area contributed by atoms with Crippen LogP contribution in [0.2, 0.25) is 0 Å². The Morgan fingerprint density at radius 3 is 2.87 bits per heavy atom. The Kier molecular flexibility index (Phi) is 4.56. The van der Waals surface area contributed by atoms with E-state index in [1.165, 1.54) is 0 Å². The Morgan fingerprint density at radius 2 is 2.27 bits per heavy atom. The molecule has 1 aromatic rings. The number of amides is 1. The molecule has 0 aliphatic carbocycles. The summed E-state index contributed by atoms with van der Waals surface area (Å²) in [4.78, 5) is 15.0. The number of carbonyl (C=O) groups is 1. The van der Waals surface area contributed by atoms with Gasteiger partial charge in [-0.25, -0.2) is 4.79 Å². The second-order valence-corrected chi connectivity index (χ2v) is 3.01. The molecule has 0 saturated heterocycles. The van der Waals surface area contributed by atoms with Gasteiger partial charge >= 0.3 is 6.09 Å². The van der Waals surface area contributed by atoms with Crippen LogP contribution < -0.4 is 5.32 Å². The Hall–Kier alpha value is -1.62. The lowest BCUT2D eigenvalue weighted by Crippen LogP contribution is -2.28. The van der Waals surface area contributed by atoms with Crippen molar-refractivity contribution >= 4 is 6.09 Å². The molecule has 1 aromatic heterocycles. The molecule has 1 amide bonds. The van der Waals surface area contributed by atoms with Crippen molar-refractivity contribution in [3.8, 4) is 0 Å². The predicted molar refractivity (Wildman–Crippen MR) is 54.2 cm³/mol. The van der Waals surface area contributed by atoms with Crippen LogP contribution in [0.3, 0.4) is 0 Å². The lowest BCUT2D eigenvalue weighted by Gasteiger charge is -2.13. The summed E-state index contributed by atoms with van der Waals surface area (Å²) in [5.41, 5.74) is 0.950. The molecule has 5 heteroatoms. The number of pyridine rings is 1. The van der Waals surface area contributed by atoms with Crippen molar-refractivity contribution in [3.63, 3.8) is 0 Å². The van der Waals surface area contributed by atoms with Gasteiger partial charge in [0.2, 0.25) is 0 Å². The van der Waals surface area contributed by atoms with E-state index in [2.05, 4.69) is 15.0 Å². The van der Waals surface area contributed by atoms with Crippen LogP contribution in [0.1, 0.15) is 18.5 Å². The van der Waals surface area contributed by atoms with E-state index < -0.39 is 6.09 Å². The predicted octanol–water partition coefficient (Wildman–Crippen LogP) is 0.861. The molecule has 0 aromatic carbocycles.